The molecule has 2 atom stereocenters. The molecule has 0 aliphatic carbocycles. The Bertz CT molecular complexity index is 255. The van der Waals surface area contributed by atoms with E-state index in [2.05, 4.69) is 12.2 Å². The van der Waals surface area contributed by atoms with Crippen molar-refractivity contribution in [3.8, 4) is 0 Å². The van der Waals surface area contributed by atoms with Crippen molar-refractivity contribution in [2.24, 2.45) is 5.92 Å². The number of urea groups is 1. The third-order valence-electron chi connectivity index (χ3n) is 2.86. The van der Waals surface area contributed by atoms with Gasteiger partial charge in [-0.15, -0.1) is 0 Å². The molecule has 1 heterocycles. The lowest BCUT2D eigenvalue weighted by atomic mass is 10.1. The van der Waals surface area contributed by atoms with Crippen LogP contribution in [0.3, 0.4) is 0 Å². The molecular weight excluding hydrogens is 196 g/mol. The van der Waals surface area contributed by atoms with Crippen LogP contribution in [0.5, 0.6) is 0 Å². The fraction of sp³-hybridized carbons (Fsp3) is 0.800. The fourth-order valence-electron chi connectivity index (χ4n) is 1.69. The van der Waals surface area contributed by atoms with Gasteiger partial charge in [0.1, 0.15) is 6.04 Å². The second-order valence-electron chi connectivity index (χ2n) is 4.02. The highest BCUT2D eigenvalue weighted by molar-refractivity contribution is 5.82. The maximum absolute atomic E-state index is 11.6. The first-order valence-corrected chi connectivity index (χ1v) is 5.32. The lowest BCUT2D eigenvalue weighted by Crippen LogP contribution is -2.45. The van der Waals surface area contributed by atoms with Crippen LogP contribution in [-0.4, -0.2) is 41.1 Å². The minimum absolute atomic E-state index is 0.263. The molecule has 1 saturated heterocycles. The smallest absolute Gasteiger partial charge is 0.325 e. The molecule has 5 nitrogen and oxygen atoms in total. The minimum Gasteiger partial charge on any atom is -0.480 e. The number of carboxylic acids is 1. The molecule has 0 spiro atoms. The summed E-state index contributed by atoms with van der Waals surface area (Å²) >= 11 is 0. The zero-order chi connectivity index (χ0) is 11.4. The Morgan fingerprint density at radius 2 is 2.27 bits per heavy atom. The van der Waals surface area contributed by atoms with Gasteiger partial charge in [-0.1, -0.05) is 13.3 Å². The normalized spacial score (nSPS) is 22.5. The molecule has 0 radical (unpaired) electrons. The van der Waals surface area contributed by atoms with Crippen LogP contribution in [0.15, 0.2) is 0 Å². The number of nitrogens with zero attached hydrogens (tertiary/aromatic N) is 1. The molecule has 1 unspecified atom stereocenters. The SMILES string of the molecule is CCC1CCN(C(=O)N[C@@H](C)C(=O)O)C1. The Morgan fingerprint density at radius 3 is 2.73 bits per heavy atom. The number of carbonyl (C=O) groups excluding carboxylic acids is 1. The van der Waals surface area contributed by atoms with Crippen LogP contribution in [0.1, 0.15) is 26.7 Å². The lowest BCUT2D eigenvalue weighted by Gasteiger charge is -2.18. The topological polar surface area (TPSA) is 69.6 Å². The van der Waals surface area contributed by atoms with Crippen molar-refractivity contribution in [2.75, 3.05) is 13.1 Å². The first-order chi connectivity index (χ1) is 7.04. The van der Waals surface area contributed by atoms with Crippen LogP contribution in [0, 0.1) is 5.92 Å². The molecule has 15 heavy (non-hydrogen) atoms. The van der Waals surface area contributed by atoms with E-state index in [9.17, 15) is 9.59 Å². The van der Waals surface area contributed by atoms with Gasteiger partial charge in [-0.3, -0.25) is 4.79 Å². The number of carbonyl (C=O) groups is 2. The number of hydrogen-bond donors (Lipinski definition) is 2. The highest BCUT2D eigenvalue weighted by atomic mass is 16.4. The van der Waals surface area contributed by atoms with E-state index in [1.165, 1.54) is 6.92 Å². The van der Waals surface area contributed by atoms with Gasteiger partial charge >= 0.3 is 12.0 Å². The van der Waals surface area contributed by atoms with Crippen molar-refractivity contribution in [3.05, 3.63) is 0 Å². The predicted molar refractivity (Wildman–Crippen MR) is 55.6 cm³/mol. The van der Waals surface area contributed by atoms with E-state index in [1.807, 2.05) is 0 Å². The Balaban J connectivity index is 2.38. The van der Waals surface area contributed by atoms with E-state index in [-0.39, 0.29) is 6.03 Å². The number of hydrogen-bond acceptors (Lipinski definition) is 2. The van der Waals surface area contributed by atoms with Crippen molar-refractivity contribution in [1.29, 1.82) is 0 Å². The van der Waals surface area contributed by atoms with Crippen molar-refractivity contribution in [3.63, 3.8) is 0 Å². The standard InChI is InChI=1S/C10H18N2O3/c1-3-8-4-5-12(6-8)10(15)11-7(2)9(13)14/h7-8H,3-6H2,1-2H3,(H,11,15)(H,13,14)/t7-,8?/m0/s1. The molecule has 0 saturated carbocycles. The van der Waals surface area contributed by atoms with E-state index in [0.717, 1.165) is 25.9 Å². The maximum atomic E-state index is 11.6. The fourth-order valence-corrected chi connectivity index (χ4v) is 1.69. The molecule has 1 rings (SSSR count). The second kappa shape index (κ2) is 5.00. The van der Waals surface area contributed by atoms with Gasteiger partial charge in [-0.25, -0.2) is 4.79 Å². The molecule has 5 heteroatoms. The van der Waals surface area contributed by atoms with Gasteiger partial charge in [-0.2, -0.15) is 0 Å². The van der Waals surface area contributed by atoms with E-state index < -0.39 is 12.0 Å². The summed E-state index contributed by atoms with van der Waals surface area (Å²) in [6.07, 6.45) is 2.09. The average molecular weight is 214 g/mol. The van der Waals surface area contributed by atoms with Gasteiger partial charge in [0.2, 0.25) is 0 Å². The van der Waals surface area contributed by atoms with E-state index in [0.29, 0.717) is 5.92 Å². The van der Waals surface area contributed by atoms with Crippen LogP contribution in [0.2, 0.25) is 0 Å². The Hall–Kier alpha value is -1.26. The molecule has 86 valence electrons. The summed E-state index contributed by atoms with van der Waals surface area (Å²) in [5.41, 5.74) is 0. The highest BCUT2D eigenvalue weighted by Crippen LogP contribution is 2.18. The second-order valence-corrected chi connectivity index (χ2v) is 4.02. The van der Waals surface area contributed by atoms with Gasteiger partial charge in [0.15, 0.2) is 0 Å². The summed E-state index contributed by atoms with van der Waals surface area (Å²) in [6.45, 7) is 5.05. The zero-order valence-corrected chi connectivity index (χ0v) is 9.19. The summed E-state index contributed by atoms with van der Waals surface area (Å²) in [5.74, 6) is -0.439. The van der Waals surface area contributed by atoms with E-state index in [1.54, 1.807) is 4.90 Å². The first-order valence-electron chi connectivity index (χ1n) is 5.32. The van der Waals surface area contributed by atoms with Crippen LogP contribution in [0.25, 0.3) is 0 Å². The van der Waals surface area contributed by atoms with Gasteiger partial charge in [0.05, 0.1) is 0 Å². The van der Waals surface area contributed by atoms with Crippen molar-refractivity contribution >= 4 is 12.0 Å². The molecule has 0 aromatic heterocycles. The maximum Gasteiger partial charge on any atom is 0.325 e. The number of likely N-dealkylation sites (tertiary alicyclic amines) is 1. The molecule has 0 aromatic rings. The van der Waals surface area contributed by atoms with Gasteiger partial charge < -0.3 is 15.3 Å². The lowest BCUT2D eigenvalue weighted by molar-refractivity contribution is -0.138. The van der Waals surface area contributed by atoms with E-state index >= 15 is 0 Å². The predicted octanol–water partition coefficient (Wildman–Crippen LogP) is 0.901. The molecule has 1 aliphatic heterocycles. The zero-order valence-electron chi connectivity index (χ0n) is 9.19. The number of nitrogens with one attached hydrogen (secondary N) is 1. The first kappa shape index (κ1) is 11.8. The Morgan fingerprint density at radius 1 is 1.60 bits per heavy atom. The van der Waals surface area contributed by atoms with E-state index in [4.69, 9.17) is 5.11 Å². The van der Waals surface area contributed by atoms with Crippen LogP contribution < -0.4 is 5.32 Å². The van der Waals surface area contributed by atoms with Gasteiger partial charge in [0, 0.05) is 13.1 Å². The quantitative estimate of drug-likeness (QED) is 0.733. The number of carboxylic acid groups (broad SMARTS) is 1. The summed E-state index contributed by atoms with van der Waals surface area (Å²) in [6, 6.07) is -1.08. The average Bonchev–Trinajstić information content (AvgIpc) is 2.65. The molecule has 0 aromatic carbocycles. The van der Waals surface area contributed by atoms with Crippen molar-refractivity contribution in [1.82, 2.24) is 10.2 Å². The molecular formula is C10H18N2O3. The van der Waals surface area contributed by atoms with Crippen molar-refractivity contribution < 1.29 is 14.7 Å². The molecule has 1 fully saturated rings. The number of rotatable bonds is 3. The summed E-state index contributed by atoms with van der Waals surface area (Å²) in [5, 5.41) is 11.1. The molecule has 2 amide bonds. The van der Waals surface area contributed by atoms with Crippen LogP contribution >= 0.6 is 0 Å². The Labute approximate surface area is 89.4 Å². The third kappa shape index (κ3) is 3.11. The van der Waals surface area contributed by atoms with Gasteiger partial charge in [0.25, 0.3) is 0 Å². The Kier molecular flexibility index (Phi) is 3.94. The number of aliphatic carboxylic acids is 1. The molecule has 0 bridgehead atoms. The van der Waals surface area contributed by atoms with Gasteiger partial charge in [-0.05, 0) is 19.3 Å². The summed E-state index contributed by atoms with van der Waals surface area (Å²) < 4.78 is 0. The third-order valence-corrected chi connectivity index (χ3v) is 2.86. The molecule has 2 N–H and O–H groups in total. The monoisotopic (exact) mass is 214 g/mol. The van der Waals surface area contributed by atoms with Crippen LogP contribution in [0.4, 0.5) is 4.79 Å². The molecule has 1 aliphatic rings. The minimum atomic E-state index is -1.01. The largest absolute Gasteiger partial charge is 0.480 e. The highest BCUT2D eigenvalue weighted by Gasteiger charge is 2.26. The summed E-state index contributed by atoms with van der Waals surface area (Å²) in [4.78, 5) is 23.8. The van der Waals surface area contributed by atoms with Crippen LogP contribution in [-0.2, 0) is 4.79 Å². The summed E-state index contributed by atoms with van der Waals surface area (Å²) in [7, 11) is 0. The van der Waals surface area contributed by atoms with Crippen molar-refractivity contribution in [2.45, 2.75) is 32.7 Å². The number of amides is 2.